The first kappa shape index (κ1) is 15.8. The lowest BCUT2D eigenvalue weighted by molar-refractivity contribution is 0.0677. The Morgan fingerprint density at radius 2 is 1.62 bits per heavy atom. The van der Waals surface area contributed by atoms with E-state index in [1.165, 1.54) is 37.0 Å². The summed E-state index contributed by atoms with van der Waals surface area (Å²) in [5.41, 5.74) is 1.01. The van der Waals surface area contributed by atoms with Crippen molar-refractivity contribution in [3.63, 3.8) is 0 Å². The van der Waals surface area contributed by atoms with E-state index in [-0.39, 0.29) is 0 Å². The minimum atomic E-state index is 0.666. The molecular formula is C19H27N5. The summed E-state index contributed by atoms with van der Waals surface area (Å²) in [4.78, 5) is 7.61. The van der Waals surface area contributed by atoms with Gasteiger partial charge in [0.1, 0.15) is 0 Å². The number of benzene rings is 1. The molecule has 1 aromatic heterocycles. The van der Waals surface area contributed by atoms with Crippen LogP contribution in [0.5, 0.6) is 0 Å². The predicted molar refractivity (Wildman–Crippen MR) is 98.6 cm³/mol. The van der Waals surface area contributed by atoms with Gasteiger partial charge in [-0.2, -0.15) is 5.10 Å². The third kappa shape index (κ3) is 2.76. The molecule has 0 spiro atoms. The molecule has 4 rings (SSSR count). The van der Waals surface area contributed by atoms with E-state index in [1.807, 2.05) is 6.92 Å². The van der Waals surface area contributed by atoms with Gasteiger partial charge in [-0.15, -0.1) is 5.10 Å². The van der Waals surface area contributed by atoms with Gasteiger partial charge in [0, 0.05) is 62.1 Å². The van der Waals surface area contributed by atoms with Crippen LogP contribution in [0.1, 0.15) is 19.5 Å². The van der Waals surface area contributed by atoms with E-state index in [9.17, 15) is 0 Å². The van der Waals surface area contributed by atoms with Gasteiger partial charge in [0.15, 0.2) is 5.82 Å². The van der Waals surface area contributed by atoms with Crippen molar-refractivity contribution in [2.24, 2.45) is 0 Å². The van der Waals surface area contributed by atoms with E-state index in [4.69, 9.17) is 0 Å². The molecule has 5 heteroatoms. The molecule has 128 valence electrons. The number of hydrogen-bond acceptors (Lipinski definition) is 5. The summed E-state index contributed by atoms with van der Waals surface area (Å²) in [5.74, 6) is 1.05. The lowest BCUT2D eigenvalue weighted by Gasteiger charge is -2.49. The first-order valence-electron chi connectivity index (χ1n) is 9.08. The summed E-state index contributed by atoms with van der Waals surface area (Å²) < 4.78 is 0. The van der Waals surface area contributed by atoms with Gasteiger partial charge in [0.25, 0.3) is 0 Å². The summed E-state index contributed by atoms with van der Waals surface area (Å²) in [6, 6.07) is 9.82. The Morgan fingerprint density at radius 1 is 0.958 bits per heavy atom. The zero-order valence-corrected chi connectivity index (χ0v) is 14.9. The van der Waals surface area contributed by atoms with Gasteiger partial charge in [-0.05, 0) is 20.8 Å². The Balaban J connectivity index is 1.43. The average Bonchev–Trinajstić information content (AvgIpc) is 2.56. The fourth-order valence-corrected chi connectivity index (χ4v) is 3.94. The number of anilines is 1. The highest BCUT2D eigenvalue weighted by Crippen LogP contribution is 2.30. The summed E-state index contributed by atoms with van der Waals surface area (Å²) in [7, 11) is 0. The van der Waals surface area contributed by atoms with E-state index < -0.39 is 0 Å². The van der Waals surface area contributed by atoms with Crippen LogP contribution in [-0.2, 0) is 0 Å². The smallest absolute Gasteiger partial charge is 0.159 e. The number of rotatable bonds is 3. The van der Waals surface area contributed by atoms with Gasteiger partial charge in [-0.1, -0.05) is 24.3 Å². The largest absolute Gasteiger partial charge is 0.351 e. The molecule has 2 aromatic rings. The highest BCUT2D eigenvalue weighted by Gasteiger charge is 2.35. The van der Waals surface area contributed by atoms with Crippen molar-refractivity contribution >= 4 is 16.6 Å². The number of aromatic nitrogens is 2. The SMILES string of the molecule is Cc1nnc(N2CC(N3CCN(C(C)C)CC3)C2)c2ccccc12. The molecule has 0 radical (unpaired) electrons. The normalized spacial score (nSPS) is 20.8. The van der Waals surface area contributed by atoms with E-state index in [0.29, 0.717) is 12.1 Å². The fourth-order valence-electron chi connectivity index (χ4n) is 3.94. The lowest BCUT2D eigenvalue weighted by Crippen LogP contribution is -2.63. The second kappa shape index (κ2) is 6.30. The Hall–Kier alpha value is -1.72. The highest BCUT2D eigenvalue weighted by molar-refractivity contribution is 5.93. The van der Waals surface area contributed by atoms with Gasteiger partial charge < -0.3 is 4.90 Å². The van der Waals surface area contributed by atoms with Crippen LogP contribution < -0.4 is 4.90 Å². The molecule has 2 fully saturated rings. The molecule has 3 heterocycles. The molecule has 5 nitrogen and oxygen atoms in total. The van der Waals surface area contributed by atoms with Crippen LogP contribution in [0.3, 0.4) is 0 Å². The summed E-state index contributed by atoms with van der Waals surface area (Å²) in [6.07, 6.45) is 0. The van der Waals surface area contributed by atoms with Crippen molar-refractivity contribution in [1.29, 1.82) is 0 Å². The summed E-state index contributed by atoms with van der Waals surface area (Å²) in [5, 5.41) is 11.3. The van der Waals surface area contributed by atoms with Crippen molar-refractivity contribution < 1.29 is 0 Å². The minimum absolute atomic E-state index is 0.666. The van der Waals surface area contributed by atoms with Crippen LogP contribution in [0.2, 0.25) is 0 Å². The number of piperazine rings is 1. The van der Waals surface area contributed by atoms with Crippen LogP contribution in [0.25, 0.3) is 10.8 Å². The molecule has 2 aliphatic rings. The number of nitrogens with zero attached hydrogens (tertiary/aromatic N) is 5. The standard InChI is InChI=1S/C19H27N5/c1-14(2)22-8-10-23(11-9-22)16-12-24(13-16)19-18-7-5-4-6-17(18)15(3)20-21-19/h4-7,14,16H,8-13H2,1-3H3. The van der Waals surface area contributed by atoms with Crippen LogP contribution in [0.4, 0.5) is 5.82 Å². The van der Waals surface area contributed by atoms with Crippen molar-refractivity contribution in [3.8, 4) is 0 Å². The van der Waals surface area contributed by atoms with E-state index >= 15 is 0 Å². The lowest BCUT2D eigenvalue weighted by atomic mass is 10.0. The van der Waals surface area contributed by atoms with E-state index in [2.05, 4.69) is 63.0 Å². The van der Waals surface area contributed by atoms with E-state index in [1.54, 1.807) is 0 Å². The van der Waals surface area contributed by atoms with Crippen LogP contribution >= 0.6 is 0 Å². The van der Waals surface area contributed by atoms with Gasteiger partial charge in [-0.25, -0.2) is 0 Å². The fraction of sp³-hybridized carbons (Fsp3) is 0.579. The van der Waals surface area contributed by atoms with Crippen molar-refractivity contribution in [1.82, 2.24) is 20.0 Å². The maximum Gasteiger partial charge on any atom is 0.159 e. The first-order valence-corrected chi connectivity index (χ1v) is 9.08. The van der Waals surface area contributed by atoms with Gasteiger partial charge in [0.2, 0.25) is 0 Å². The molecule has 0 unspecified atom stereocenters. The first-order chi connectivity index (χ1) is 11.6. The molecule has 0 bridgehead atoms. The number of hydrogen-bond donors (Lipinski definition) is 0. The Bertz CT molecular complexity index is 715. The van der Waals surface area contributed by atoms with Crippen molar-refractivity contribution in [3.05, 3.63) is 30.0 Å². The van der Waals surface area contributed by atoms with Gasteiger partial charge >= 0.3 is 0 Å². The monoisotopic (exact) mass is 325 g/mol. The Labute approximate surface area is 144 Å². The zero-order valence-electron chi connectivity index (χ0n) is 14.9. The van der Waals surface area contributed by atoms with Gasteiger partial charge in [-0.3, -0.25) is 9.80 Å². The van der Waals surface area contributed by atoms with Crippen LogP contribution in [0.15, 0.2) is 24.3 Å². The molecule has 0 amide bonds. The van der Waals surface area contributed by atoms with Crippen LogP contribution in [0, 0.1) is 6.92 Å². The highest BCUT2D eigenvalue weighted by atomic mass is 15.4. The summed E-state index contributed by atoms with van der Waals surface area (Å²) in [6.45, 7) is 13.5. The molecule has 1 aromatic carbocycles. The maximum atomic E-state index is 4.49. The van der Waals surface area contributed by atoms with Crippen LogP contribution in [-0.4, -0.2) is 71.3 Å². The number of aryl methyl sites for hydroxylation is 1. The minimum Gasteiger partial charge on any atom is -0.351 e. The molecule has 24 heavy (non-hydrogen) atoms. The quantitative estimate of drug-likeness (QED) is 0.864. The zero-order chi connectivity index (χ0) is 16.7. The summed E-state index contributed by atoms with van der Waals surface area (Å²) >= 11 is 0. The molecule has 2 aliphatic heterocycles. The molecule has 0 atom stereocenters. The topological polar surface area (TPSA) is 35.5 Å². The van der Waals surface area contributed by atoms with Crippen molar-refractivity contribution in [2.75, 3.05) is 44.2 Å². The molecule has 0 N–H and O–H groups in total. The third-order valence-corrected chi connectivity index (χ3v) is 5.61. The second-order valence-electron chi connectivity index (χ2n) is 7.38. The third-order valence-electron chi connectivity index (χ3n) is 5.61. The molecule has 0 saturated carbocycles. The Morgan fingerprint density at radius 3 is 2.29 bits per heavy atom. The van der Waals surface area contributed by atoms with Gasteiger partial charge in [0.05, 0.1) is 5.69 Å². The predicted octanol–water partition coefficient (Wildman–Crippen LogP) is 2.15. The number of fused-ring (bicyclic) bond motifs is 1. The maximum absolute atomic E-state index is 4.49. The van der Waals surface area contributed by atoms with Crippen molar-refractivity contribution in [2.45, 2.75) is 32.9 Å². The van der Waals surface area contributed by atoms with E-state index in [0.717, 1.165) is 24.6 Å². The molecular weight excluding hydrogens is 298 g/mol. The second-order valence-corrected chi connectivity index (χ2v) is 7.38. The molecule has 2 saturated heterocycles. The Kier molecular flexibility index (Phi) is 4.14. The molecule has 0 aliphatic carbocycles. The average molecular weight is 325 g/mol.